The molecule has 0 saturated carbocycles. The van der Waals surface area contributed by atoms with Crippen LogP contribution in [0, 0.1) is 6.92 Å². The second-order valence-electron chi connectivity index (χ2n) is 7.71. The molecule has 2 aromatic rings. The Morgan fingerprint density at radius 2 is 1.82 bits per heavy atom. The highest BCUT2D eigenvalue weighted by atomic mass is 32.2. The van der Waals surface area contributed by atoms with Gasteiger partial charge in [0.1, 0.15) is 12.3 Å². The maximum absolute atomic E-state index is 11.1. The number of allylic oxidation sites excluding steroid dienone is 1. The monoisotopic (exact) mass is 400 g/mol. The second kappa shape index (κ2) is 7.53. The second-order valence-corrected chi connectivity index (χ2v) is 9.29. The van der Waals surface area contributed by atoms with Crippen LogP contribution in [0.5, 0.6) is 5.75 Å². The van der Waals surface area contributed by atoms with Crippen molar-refractivity contribution in [1.82, 2.24) is 0 Å². The van der Waals surface area contributed by atoms with Crippen molar-refractivity contribution in [1.29, 1.82) is 0 Å². The van der Waals surface area contributed by atoms with Crippen molar-refractivity contribution >= 4 is 27.6 Å². The molecular weight excluding hydrogens is 374 g/mol. The van der Waals surface area contributed by atoms with Gasteiger partial charge in [0.2, 0.25) is 5.69 Å². The number of phenolic OH excluding ortho intramolecular Hbond substituents is 1. The Labute approximate surface area is 166 Å². The Kier molecular flexibility index (Phi) is 5.46. The lowest BCUT2D eigenvalue weighted by Gasteiger charge is -2.16. The Balaban J connectivity index is 2.04. The number of aromatic hydroxyl groups is 1. The molecule has 1 aliphatic heterocycles. The van der Waals surface area contributed by atoms with Gasteiger partial charge in [-0.2, -0.15) is 13.0 Å². The van der Waals surface area contributed by atoms with Crippen LogP contribution in [0.1, 0.15) is 37.0 Å². The lowest BCUT2D eigenvalue weighted by atomic mass is 9.81. The van der Waals surface area contributed by atoms with Gasteiger partial charge in [0, 0.05) is 29.7 Å². The zero-order valence-corrected chi connectivity index (χ0v) is 17.2. The molecule has 0 aliphatic carbocycles. The predicted octanol–water partition coefficient (Wildman–Crippen LogP) is 4.07. The third-order valence-corrected chi connectivity index (χ3v) is 5.99. The van der Waals surface area contributed by atoms with Crippen LogP contribution in [0.3, 0.4) is 0 Å². The number of aryl methyl sites for hydroxylation is 1. The molecule has 28 heavy (non-hydrogen) atoms. The van der Waals surface area contributed by atoms with Gasteiger partial charge < -0.3 is 5.11 Å². The van der Waals surface area contributed by atoms with Crippen LogP contribution in [-0.4, -0.2) is 40.7 Å². The topological polar surface area (TPSA) is 77.6 Å². The van der Waals surface area contributed by atoms with Crippen LogP contribution in [0.25, 0.3) is 6.08 Å². The average molecular weight is 401 g/mol. The summed E-state index contributed by atoms with van der Waals surface area (Å²) in [5, 5.41) is 10.1. The Morgan fingerprint density at radius 3 is 2.50 bits per heavy atom. The molecule has 0 aromatic heterocycles. The third-order valence-electron chi connectivity index (χ3n) is 5.19. The van der Waals surface area contributed by atoms with Crippen LogP contribution in [0.4, 0.5) is 5.69 Å². The van der Waals surface area contributed by atoms with Crippen LogP contribution in [-0.2, 0) is 15.5 Å². The van der Waals surface area contributed by atoms with Gasteiger partial charge in [-0.1, -0.05) is 29.8 Å². The summed E-state index contributed by atoms with van der Waals surface area (Å²) in [6.07, 6.45) is 4.18. The zero-order chi connectivity index (χ0) is 20.5. The fourth-order valence-corrected chi connectivity index (χ4v) is 4.23. The Morgan fingerprint density at radius 1 is 1.11 bits per heavy atom. The van der Waals surface area contributed by atoms with E-state index in [4.69, 9.17) is 4.55 Å². The Bertz CT molecular complexity index is 1070. The molecule has 0 bridgehead atoms. The highest BCUT2D eigenvalue weighted by Crippen LogP contribution is 2.40. The molecule has 1 aliphatic rings. The van der Waals surface area contributed by atoms with Gasteiger partial charge in [-0.15, -0.1) is 0 Å². The van der Waals surface area contributed by atoms with E-state index in [9.17, 15) is 13.5 Å². The number of hydrogen-bond donors (Lipinski definition) is 2. The molecule has 0 saturated heterocycles. The quantitative estimate of drug-likeness (QED) is 0.566. The van der Waals surface area contributed by atoms with Crippen molar-refractivity contribution < 1.29 is 22.7 Å². The van der Waals surface area contributed by atoms with E-state index in [1.54, 1.807) is 12.1 Å². The summed E-state index contributed by atoms with van der Waals surface area (Å²) < 4.78 is 33.5. The average Bonchev–Trinajstić information content (AvgIpc) is 2.80. The van der Waals surface area contributed by atoms with Crippen LogP contribution < -0.4 is 0 Å². The molecule has 2 aromatic carbocycles. The SMILES string of the molecule is Cc1ccc2c(c1)C(C)(C)C(/C=C/c1ccccc1O)=[N+]2CCCS(=O)(=O)O. The maximum atomic E-state index is 11.1. The molecule has 0 atom stereocenters. The van der Waals surface area contributed by atoms with E-state index in [1.165, 1.54) is 5.56 Å². The minimum atomic E-state index is -3.99. The zero-order valence-electron chi connectivity index (χ0n) is 16.4. The number of benzene rings is 2. The molecule has 0 radical (unpaired) electrons. The summed E-state index contributed by atoms with van der Waals surface area (Å²) in [5.74, 6) is -0.0665. The van der Waals surface area contributed by atoms with E-state index >= 15 is 0 Å². The smallest absolute Gasteiger partial charge is 0.265 e. The number of para-hydroxylation sites is 1. The minimum Gasteiger partial charge on any atom is -0.507 e. The van der Waals surface area contributed by atoms with Crippen LogP contribution >= 0.6 is 0 Å². The fraction of sp³-hybridized carbons (Fsp3) is 0.318. The van der Waals surface area contributed by atoms with Crippen molar-refractivity contribution in [3.63, 3.8) is 0 Å². The van der Waals surface area contributed by atoms with E-state index in [-0.39, 0.29) is 16.9 Å². The van der Waals surface area contributed by atoms with Crippen molar-refractivity contribution in [3.8, 4) is 5.75 Å². The van der Waals surface area contributed by atoms with Crippen LogP contribution in [0.2, 0.25) is 0 Å². The summed E-state index contributed by atoms with van der Waals surface area (Å²) >= 11 is 0. The van der Waals surface area contributed by atoms with E-state index in [0.717, 1.165) is 22.5 Å². The molecule has 5 nitrogen and oxygen atoms in total. The Hall–Kier alpha value is -2.44. The van der Waals surface area contributed by atoms with E-state index in [1.807, 2.05) is 30.4 Å². The normalized spacial score (nSPS) is 16.0. The first-order valence-corrected chi connectivity index (χ1v) is 10.9. The van der Waals surface area contributed by atoms with Gasteiger partial charge >= 0.3 is 0 Å². The molecule has 148 valence electrons. The van der Waals surface area contributed by atoms with Crippen molar-refractivity contribution in [2.45, 2.75) is 32.6 Å². The highest BCUT2D eigenvalue weighted by Gasteiger charge is 2.44. The minimum absolute atomic E-state index is 0.210. The largest absolute Gasteiger partial charge is 0.507 e. The molecule has 0 amide bonds. The molecule has 1 heterocycles. The number of nitrogens with zero attached hydrogens (tertiary/aromatic N) is 1. The number of phenols is 1. The summed E-state index contributed by atoms with van der Waals surface area (Å²) in [5.41, 5.74) is 4.85. The molecule has 6 heteroatoms. The first kappa shape index (κ1) is 20.3. The standard InChI is InChI=1S/C22H25NO4S/c1-16-9-11-19-18(15-16)22(2,3)21(23(19)13-6-14-28(25,26)27)12-10-17-7-4-5-8-20(17)24/h4-5,7-12,15H,6,13-14H2,1-3H3,(H,25,26,27)/p+1. The predicted molar refractivity (Wildman–Crippen MR) is 112 cm³/mol. The number of fused-ring (bicyclic) bond motifs is 1. The third kappa shape index (κ3) is 4.18. The fourth-order valence-electron chi connectivity index (χ4n) is 3.73. The molecular formula is C22H26NO4S+. The lowest BCUT2D eigenvalue weighted by Crippen LogP contribution is -2.28. The van der Waals surface area contributed by atoms with E-state index in [2.05, 4.69) is 37.5 Å². The lowest BCUT2D eigenvalue weighted by molar-refractivity contribution is -0.437. The molecule has 3 rings (SSSR count). The van der Waals surface area contributed by atoms with Gasteiger partial charge in [-0.3, -0.25) is 4.55 Å². The van der Waals surface area contributed by atoms with Crippen LogP contribution in [0.15, 0.2) is 48.5 Å². The van der Waals surface area contributed by atoms with E-state index in [0.29, 0.717) is 13.0 Å². The summed E-state index contributed by atoms with van der Waals surface area (Å²) in [6.45, 7) is 6.80. The molecule has 2 N–H and O–H groups in total. The van der Waals surface area contributed by atoms with E-state index < -0.39 is 10.1 Å². The van der Waals surface area contributed by atoms with Gasteiger partial charge in [-0.25, -0.2) is 0 Å². The van der Waals surface area contributed by atoms with Gasteiger partial charge in [0.25, 0.3) is 10.1 Å². The van der Waals surface area contributed by atoms with Gasteiger partial charge in [0.15, 0.2) is 5.71 Å². The molecule has 0 spiro atoms. The number of rotatable bonds is 6. The molecule has 0 unspecified atom stereocenters. The summed E-state index contributed by atoms with van der Waals surface area (Å²) in [7, 11) is -3.99. The summed E-state index contributed by atoms with van der Waals surface area (Å²) in [6, 6.07) is 13.4. The molecule has 0 fully saturated rings. The van der Waals surface area contributed by atoms with Gasteiger partial charge in [0.05, 0.1) is 11.2 Å². The first-order chi connectivity index (χ1) is 13.1. The van der Waals surface area contributed by atoms with Crippen molar-refractivity contribution in [2.24, 2.45) is 0 Å². The first-order valence-electron chi connectivity index (χ1n) is 9.27. The highest BCUT2D eigenvalue weighted by molar-refractivity contribution is 7.85. The van der Waals surface area contributed by atoms with Gasteiger partial charge in [-0.05, 0) is 39.0 Å². The van der Waals surface area contributed by atoms with Crippen molar-refractivity contribution in [3.05, 3.63) is 65.2 Å². The van der Waals surface area contributed by atoms with Crippen molar-refractivity contribution in [2.75, 3.05) is 12.3 Å². The maximum Gasteiger partial charge on any atom is 0.265 e. The number of hydrogen-bond acceptors (Lipinski definition) is 3. The summed E-state index contributed by atoms with van der Waals surface area (Å²) in [4.78, 5) is 0.